The highest BCUT2D eigenvalue weighted by Crippen LogP contribution is 2.15. The van der Waals surface area contributed by atoms with E-state index in [9.17, 15) is 0 Å². The van der Waals surface area contributed by atoms with Crippen LogP contribution in [0.2, 0.25) is 0 Å². The van der Waals surface area contributed by atoms with Crippen molar-refractivity contribution < 1.29 is 9.84 Å². The highest BCUT2D eigenvalue weighted by Gasteiger charge is 2.26. The van der Waals surface area contributed by atoms with E-state index < -0.39 is 0 Å². The molecule has 1 aliphatic heterocycles. The number of rotatable bonds is 5. The number of aliphatic hydroxyl groups excluding tert-OH is 1. The molecule has 1 aliphatic rings. The molecule has 0 amide bonds. The molecule has 1 fully saturated rings. The fourth-order valence-electron chi connectivity index (χ4n) is 2.22. The summed E-state index contributed by atoms with van der Waals surface area (Å²) >= 11 is 0. The van der Waals surface area contributed by atoms with E-state index in [4.69, 9.17) is 9.84 Å². The van der Waals surface area contributed by atoms with Gasteiger partial charge in [-0.2, -0.15) is 0 Å². The van der Waals surface area contributed by atoms with Gasteiger partial charge in [-0.05, 0) is 19.3 Å². The summed E-state index contributed by atoms with van der Waals surface area (Å²) in [7, 11) is 0. The molecule has 3 unspecified atom stereocenters. The SMILES string of the molecule is CCCC(C)CN1CC(CO)OCC1C. The Labute approximate surface area is 93.4 Å². The van der Waals surface area contributed by atoms with Crippen LogP contribution in [-0.4, -0.2) is 48.5 Å². The molecular weight excluding hydrogens is 190 g/mol. The minimum atomic E-state index is 0.0232. The third-order valence-corrected chi connectivity index (χ3v) is 3.17. The van der Waals surface area contributed by atoms with Crippen molar-refractivity contribution in [3.8, 4) is 0 Å². The van der Waals surface area contributed by atoms with Crippen LogP contribution in [0, 0.1) is 5.92 Å². The van der Waals surface area contributed by atoms with Crippen molar-refractivity contribution in [3.63, 3.8) is 0 Å². The van der Waals surface area contributed by atoms with Crippen molar-refractivity contribution >= 4 is 0 Å². The lowest BCUT2D eigenvalue weighted by atomic mass is 10.0. The first-order valence-corrected chi connectivity index (χ1v) is 6.13. The minimum absolute atomic E-state index is 0.0232. The number of nitrogens with zero attached hydrogens (tertiary/aromatic N) is 1. The van der Waals surface area contributed by atoms with Crippen LogP contribution in [0.3, 0.4) is 0 Å². The average Bonchev–Trinajstić information content (AvgIpc) is 2.21. The Bertz CT molecular complexity index is 175. The van der Waals surface area contributed by atoms with Crippen molar-refractivity contribution in [2.45, 2.75) is 45.8 Å². The molecular formula is C12H25NO2. The normalized spacial score (nSPS) is 30.4. The van der Waals surface area contributed by atoms with Crippen molar-refractivity contribution in [2.24, 2.45) is 5.92 Å². The number of morpholine rings is 1. The molecule has 1 N–H and O–H groups in total. The van der Waals surface area contributed by atoms with E-state index in [1.807, 2.05) is 0 Å². The first-order chi connectivity index (χ1) is 7.17. The summed E-state index contributed by atoms with van der Waals surface area (Å²) in [4.78, 5) is 2.45. The van der Waals surface area contributed by atoms with Gasteiger partial charge in [0.2, 0.25) is 0 Å². The topological polar surface area (TPSA) is 32.7 Å². The Morgan fingerprint density at radius 1 is 1.53 bits per heavy atom. The smallest absolute Gasteiger partial charge is 0.0933 e. The molecule has 0 aromatic rings. The predicted molar refractivity (Wildman–Crippen MR) is 61.9 cm³/mol. The average molecular weight is 215 g/mol. The zero-order valence-electron chi connectivity index (χ0n) is 10.3. The summed E-state index contributed by atoms with van der Waals surface area (Å²) in [5.74, 6) is 0.745. The van der Waals surface area contributed by atoms with Crippen LogP contribution in [0.1, 0.15) is 33.6 Å². The Kier molecular flexibility index (Phi) is 5.58. The van der Waals surface area contributed by atoms with Gasteiger partial charge in [0.05, 0.1) is 19.3 Å². The number of ether oxygens (including phenoxy) is 1. The minimum Gasteiger partial charge on any atom is -0.394 e. The summed E-state index contributed by atoms with van der Waals surface area (Å²) in [5.41, 5.74) is 0. The van der Waals surface area contributed by atoms with Crippen molar-refractivity contribution in [2.75, 3.05) is 26.3 Å². The van der Waals surface area contributed by atoms with Gasteiger partial charge in [0.1, 0.15) is 0 Å². The highest BCUT2D eigenvalue weighted by molar-refractivity contribution is 4.78. The third kappa shape index (κ3) is 4.09. The second-order valence-electron chi connectivity index (χ2n) is 4.83. The predicted octanol–water partition coefficient (Wildman–Crippen LogP) is 1.50. The van der Waals surface area contributed by atoms with Gasteiger partial charge in [0.25, 0.3) is 0 Å². The third-order valence-electron chi connectivity index (χ3n) is 3.17. The largest absolute Gasteiger partial charge is 0.394 e. The van der Waals surface area contributed by atoms with Crippen LogP contribution in [0.4, 0.5) is 0 Å². The van der Waals surface area contributed by atoms with E-state index in [0.29, 0.717) is 6.04 Å². The van der Waals surface area contributed by atoms with Crippen LogP contribution >= 0.6 is 0 Å². The zero-order chi connectivity index (χ0) is 11.3. The van der Waals surface area contributed by atoms with Crippen LogP contribution in [-0.2, 0) is 4.74 Å². The van der Waals surface area contributed by atoms with E-state index in [-0.39, 0.29) is 12.7 Å². The molecule has 3 atom stereocenters. The molecule has 1 saturated heterocycles. The first-order valence-electron chi connectivity index (χ1n) is 6.13. The molecule has 3 heteroatoms. The van der Waals surface area contributed by atoms with Crippen molar-refractivity contribution in [1.29, 1.82) is 0 Å². The molecule has 0 spiro atoms. The summed E-state index contributed by atoms with van der Waals surface area (Å²) in [6.07, 6.45) is 2.56. The number of hydrogen-bond acceptors (Lipinski definition) is 3. The van der Waals surface area contributed by atoms with Crippen LogP contribution in [0.25, 0.3) is 0 Å². The van der Waals surface area contributed by atoms with Gasteiger partial charge in [0.15, 0.2) is 0 Å². The zero-order valence-corrected chi connectivity index (χ0v) is 10.3. The molecule has 0 aliphatic carbocycles. The monoisotopic (exact) mass is 215 g/mol. The molecule has 15 heavy (non-hydrogen) atoms. The van der Waals surface area contributed by atoms with Gasteiger partial charge in [-0.25, -0.2) is 0 Å². The summed E-state index contributed by atoms with van der Waals surface area (Å²) < 4.78 is 5.52. The Morgan fingerprint density at radius 3 is 2.87 bits per heavy atom. The maximum absolute atomic E-state index is 9.08. The van der Waals surface area contributed by atoms with E-state index in [0.717, 1.165) is 25.6 Å². The van der Waals surface area contributed by atoms with Gasteiger partial charge in [0, 0.05) is 19.1 Å². The lowest BCUT2D eigenvalue weighted by molar-refractivity contribution is -0.0811. The molecule has 0 aromatic heterocycles. The van der Waals surface area contributed by atoms with Crippen molar-refractivity contribution in [1.82, 2.24) is 4.90 Å². The first kappa shape index (κ1) is 12.9. The fraction of sp³-hybridized carbons (Fsp3) is 1.00. The second kappa shape index (κ2) is 6.46. The maximum Gasteiger partial charge on any atom is 0.0933 e. The molecule has 0 aromatic carbocycles. The summed E-state index contributed by atoms with van der Waals surface area (Å²) in [5, 5.41) is 9.08. The maximum atomic E-state index is 9.08. The van der Waals surface area contributed by atoms with Crippen LogP contribution < -0.4 is 0 Å². The molecule has 3 nitrogen and oxygen atoms in total. The summed E-state index contributed by atoms with van der Waals surface area (Å²) in [6, 6.07) is 0.493. The van der Waals surface area contributed by atoms with Gasteiger partial charge in [-0.3, -0.25) is 4.90 Å². The fourth-order valence-corrected chi connectivity index (χ4v) is 2.22. The molecule has 1 rings (SSSR count). The van der Waals surface area contributed by atoms with E-state index >= 15 is 0 Å². The van der Waals surface area contributed by atoms with Gasteiger partial charge < -0.3 is 9.84 Å². The number of hydrogen-bond donors (Lipinski definition) is 1. The second-order valence-corrected chi connectivity index (χ2v) is 4.83. The lowest BCUT2D eigenvalue weighted by Gasteiger charge is -2.38. The van der Waals surface area contributed by atoms with Crippen LogP contribution in [0.5, 0.6) is 0 Å². The molecule has 90 valence electrons. The Morgan fingerprint density at radius 2 is 2.27 bits per heavy atom. The van der Waals surface area contributed by atoms with E-state index in [2.05, 4.69) is 25.7 Å². The Hall–Kier alpha value is -0.120. The Balaban J connectivity index is 2.36. The van der Waals surface area contributed by atoms with Crippen molar-refractivity contribution in [3.05, 3.63) is 0 Å². The summed E-state index contributed by atoms with van der Waals surface area (Å²) in [6.45, 7) is 9.65. The highest BCUT2D eigenvalue weighted by atomic mass is 16.5. The standard InChI is InChI=1S/C12H25NO2/c1-4-5-10(2)6-13-7-12(8-14)15-9-11(13)3/h10-12,14H,4-9H2,1-3H3. The van der Waals surface area contributed by atoms with Gasteiger partial charge in [-0.1, -0.05) is 20.3 Å². The van der Waals surface area contributed by atoms with Crippen LogP contribution in [0.15, 0.2) is 0 Å². The number of aliphatic hydroxyl groups is 1. The van der Waals surface area contributed by atoms with E-state index in [1.54, 1.807) is 0 Å². The van der Waals surface area contributed by atoms with Gasteiger partial charge >= 0.3 is 0 Å². The molecule has 0 bridgehead atoms. The van der Waals surface area contributed by atoms with Gasteiger partial charge in [-0.15, -0.1) is 0 Å². The molecule has 1 heterocycles. The molecule has 0 saturated carbocycles. The van der Waals surface area contributed by atoms with E-state index in [1.165, 1.54) is 12.8 Å². The quantitative estimate of drug-likeness (QED) is 0.754. The molecule has 0 radical (unpaired) electrons. The lowest BCUT2D eigenvalue weighted by Crippen LogP contribution is -2.50.